The van der Waals surface area contributed by atoms with Crippen molar-refractivity contribution in [2.24, 2.45) is 10.9 Å². The van der Waals surface area contributed by atoms with Gasteiger partial charge in [-0.05, 0) is 50.2 Å². The molecule has 2 heterocycles. The number of methoxy groups -OCH3 is 1. The molecule has 1 unspecified atom stereocenters. The lowest BCUT2D eigenvalue weighted by atomic mass is 10.1. The van der Waals surface area contributed by atoms with E-state index in [1.807, 2.05) is 25.4 Å². The van der Waals surface area contributed by atoms with Gasteiger partial charge in [-0.15, -0.1) is 24.0 Å². The highest BCUT2D eigenvalue weighted by Gasteiger charge is 2.21. The highest BCUT2D eigenvalue weighted by Crippen LogP contribution is 2.16. The summed E-state index contributed by atoms with van der Waals surface area (Å²) < 4.78 is 17.0. The number of nitrogens with one attached hydrogen (secondary N) is 1. The molecule has 178 valence electrons. The zero-order chi connectivity index (χ0) is 21.8. The third-order valence-electron chi connectivity index (χ3n) is 5.17. The maximum atomic E-state index is 5.97. The molecule has 0 saturated carbocycles. The molecule has 0 aliphatic carbocycles. The molecular formula is C23H41IN4O3. The van der Waals surface area contributed by atoms with Gasteiger partial charge in [0.2, 0.25) is 5.88 Å². The smallest absolute Gasteiger partial charge is 0.213 e. The molecule has 1 aromatic heterocycles. The topological polar surface area (TPSA) is 68.2 Å². The first kappa shape index (κ1) is 27.9. The maximum absolute atomic E-state index is 5.97. The molecule has 1 fully saturated rings. The van der Waals surface area contributed by atoms with Crippen LogP contribution >= 0.6 is 24.0 Å². The highest BCUT2D eigenvalue weighted by molar-refractivity contribution is 14.0. The summed E-state index contributed by atoms with van der Waals surface area (Å²) in [5.74, 6) is 2.22. The van der Waals surface area contributed by atoms with Gasteiger partial charge in [-0.2, -0.15) is 0 Å². The molecule has 0 bridgehead atoms. The minimum absolute atomic E-state index is 0. The molecule has 7 nitrogen and oxygen atoms in total. The third kappa shape index (κ3) is 10.8. The normalized spacial score (nSPS) is 16.2. The Labute approximate surface area is 205 Å². The van der Waals surface area contributed by atoms with Crippen LogP contribution in [0.3, 0.4) is 0 Å². The molecular weight excluding hydrogens is 507 g/mol. The van der Waals surface area contributed by atoms with Gasteiger partial charge in [-0.1, -0.05) is 13.8 Å². The van der Waals surface area contributed by atoms with Crippen molar-refractivity contribution < 1.29 is 14.2 Å². The van der Waals surface area contributed by atoms with Gasteiger partial charge in [0.15, 0.2) is 5.96 Å². The summed E-state index contributed by atoms with van der Waals surface area (Å²) in [5.41, 5.74) is 1.13. The van der Waals surface area contributed by atoms with Crippen molar-refractivity contribution in [3.8, 4) is 5.88 Å². The van der Waals surface area contributed by atoms with Gasteiger partial charge in [0.1, 0.15) is 0 Å². The second kappa shape index (κ2) is 15.6. The summed E-state index contributed by atoms with van der Waals surface area (Å²) in [5, 5.41) is 3.48. The van der Waals surface area contributed by atoms with Gasteiger partial charge in [-0.25, -0.2) is 4.98 Å². The van der Waals surface area contributed by atoms with Crippen molar-refractivity contribution in [3.63, 3.8) is 0 Å². The number of piperidine rings is 1. The van der Waals surface area contributed by atoms with E-state index in [2.05, 4.69) is 41.0 Å². The molecule has 1 aliphatic heterocycles. The van der Waals surface area contributed by atoms with Gasteiger partial charge < -0.3 is 24.4 Å². The fourth-order valence-corrected chi connectivity index (χ4v) is 3.74. The van der Waals surface area contributed by atoms with Crippen LogP contribution in [0.4, 0.5) is 0 Å². The molecule has 8 heteroatoms. The number of rotatable bonds is 11. The van der Waals surface area contributed by atoms with E-state index in [0.29, 0.717) is 24.4 Å². The van der Waals surface area contributed by atoms with Crippen LogP contribution in [-0.4, -0.2) is 68.5 Å². The fourth-order valence-electron chi connectivity index (χ4n) is 3.74. The number of likely N-dealkylation sites (tertiary alicyclic amines) is 1. The maximum Gasteiger partial charge on any atom is 0.213 e. The van der Waals surface area contributed by atoms with Crippen molar-refractivity contribution in [1.29, 1.82) is 0 Å². The van der Waals surface area contributed by atoms with Crippen molar-refractivity contribution >= 4 is 29.9 Å². The lowest BCUT2D eigenvalue weighted by molar-refractivity contribution is 0.00989. The first-order valence-corrected chi connectivity index (χ1v) is 11.2. The Balaban J connectivity index is 0.00000480. The summed E-state index contributed by atoms with van der Waals surface area (Å²) in [6.07, 6.45) is 6.32. The number of pyridine rings is 1. The summed E-state index contributed by atoms with van der Waals surface area (Å²) in [6.45, 7) is 10.6. The van der Waals surface area contributed by atoms with Crippen LogP contribution in [0.2, 0.25) is 0 Å². The third-order valence-corrected chi connectivity index (χ3v) is 5.17. The Morgan fingerprint density at radius 2 is 2.00 bits per heavy atom. The number of hydrogen-bond acceptors (Lipinski definition) is 5. The van der Waals surface area contributed by atoms with Crippen molar-refractivity contribution in [3.05, 3.63) is 23.9 Å². The molecule has 0 spiro atoms. The average molecular weight is 549 g/mol. The zero-order valence-electron chi connectivity index (χ0n) is 19.8. The van der Waals surface area contributed by atoms with Gasteiger partial charge >= 0.3 is 0 Å². The van der Waals surface area contributed by atoms with Crippen LogP contribution in [0.25, 0.3) is 0 Å². The lowest BCUT2D eigenvalue weighted by Crippen LogP contribution is -2.46. The fraction of sp³-hybridized carbons (Fsp3) is 0.739. The molecule has 31 heavy (non-hydrogen) atoms. The molecule has 1 saturated heterocycles. The SMILES string of the molecule is CN=C(NCc1ccnc(OC(C)CC(C)C)c1)N1CCC(OCCCOC)CC1.I. The van der Waals surface area contributed by atoms with E-state index < -0.39 is 0 Å². The standard InChI is InChI=1S/C23H40N4O3.HI/c1-18(2)15-19(3)30-22-16-20(7-10-25-22)17-26-23(24-4)27-11-8-21(9-12-27)29-14-6-13-28-5;/h7,10,16,18-19,21H,6,8-9,11-15,17H2,1-5H3,(H,24,26);1H. The quantitative estimate of drug-likeness (QED) is 0.194. The van der Waals surface area contributed by atoms with Crippen molar-refractivity contribution in [2.45, 2.75) is 65.2 Å². The summed E-state index contributed by atoms with van der Waals surface area (Å²) in [4.78, 5) is 11.1. The minimum atomic E-state index is 0. The lowest BCUT2D eigenvalue weighted by Gasteiger charge is -2.34. The van der Waals surface area contributed by atoms with Gasteiger partial charge in [0, 0.05) is 59.3 Å². The van der Waals surface area contributed by atoms with E-state index in [9.17, 15) is 0 Å². The van der Waals surface area contributed by atoms with Crippen LogP contribution < -0.4 is 10.1 Å². The van der Waals surface area contributed by atoms with Gasteiger partial charge in [0.05, 0.1) is 12.2 Å². The minimum Gasteiger partial charge on any atom is -0.475 e. The number of guanidine groups is 1. The van der Waals surface area contributed by atoms with Crippen molar-refractivity contribution in [2.75, 3.05) is 40.5 Å². The van der Waals surface area contributed by atoms with E-state index in [4.69, 9.17) is 14.2 Å². The molecule has 2 rings (SSSR count). The molecule has 1 N–H and O–H groups in total. The van der Waals surface area contributed by atoms with Crippen LogP contribution in [-0.2, 0) is 16.0 Å². The monoisotopic (exact) mass is 548 g/mol. The molecule has 0 amide bonds. The molecule has 1 atom stereocenters. The number of aromatic nitrogens is 1. The molecule has 0 aromatic carbocycles. The molecule has 0 radical (unpaired) electrons. The van der Waals surface area contributed by atoms with Gasteiger partial charge in [-0.3, -0.25) is 4.99 Å². The van der Waals surface area contributed by atoms with E-state index in [1.165, 1.54) is 0 Å². The van der Waals surface area contributed by atoms with E-state index in [1.54, 1.807) is 7.11 Å². The summed E-state index contributed by atoms with van der Waals surface area (Å²) >= 11 is 0. The van der Waals surface area contributed by atoms with Crippen molar-refractivity contribution in [1.82, 2.24) is 15.2 Å². The largest absolute Gasteiger partial charge is 0.475 e. The van der Waals surface area contributed by atoms with Crippen LogP contribution in [0.1, 0.15) is 52.0 Å². The highest BCUT2D eigenvalue weighted by atomic mass is 127. The second-order valence-corrected chi connectivity index (χ2v) is 8.36. The van der Waals surface area contributed by atoms with Crippen LogP contribution in [0, 0.1) is 5.92 Å². The number of halogens is 1. The number of aliphatic imine (C=N–C) groups is 1. The van der Waals surface area contributed by atoms with Crippen LogP contribution in [0.5, 0.6) is 5.88 Å². The predicted octanol–water partition coefficient (Wildman–Crippen LogP) is 4.11. The first-order chi connectivity index (χ1) is 14.5. The second-order valence-electron chi connectivity index (χ2n) is 8.36. The zero-order valence-corrected chi connectivity index (χ0v) is 22.1. The Morgan fingerprint density at radius 3 is 2.65 bits per heavy atom. The Bertz CT molecular complexity index is 637. The summed E-state index contributed by atoms with van der Waals surface area (Å²) in [7, 11) is 3.56. The van der Waals surface area contributed by atoms with E-state index >= 15 is 0 Å². The van der Waals surface area contributed by atoms with Crippen LogP contribution in [0.15, 0.2) is 23.3 Å². The summed E-state index contributed by atoms with van der Waals surface area (Å²) in [6, 6.07) is 4.03. The number of nitrogens with zero attached hydrogens (tertiary/aromatic N) is 3. The van der Waals surface area contributed by atoms with E-state index in [0.717, 1.165) is 63.5 Å². The first-order valence-electron chi connectivity index (χ1n) is 11.2. The number of hydrogen-bond donors (Lipinski definition) is 1. The van der Waals surface area contributed by atoms with Gasteiger partial charge in [0.25, 0.3) is 0 Å². The molecule has 1 aliphatic rings. The van der Waals surface area contributed by atoms with E-state index in [-0.39, 0.29) is 30.1 Å². The Morgan fingerprint density at radius 1 is 1.26 bits per heavy atom. The average Bonchev–Trinajstić information content (AvgIpc) is 2.72. The predicted molar refractivity (Wildman–Crippen MR) is 136 cm³/mol. The number of ether oxygens (including phenoxy) is 3. The molecule has 1 aromatic rings. The Hall–Kier alpha value is -1.13. The Kier molecular flexibility index (Phi) is 14.1.